The smallest absolute Gasteiger partial charge is 0.335 e. The van der Waals surface area contributed by atoms with E-state index in [1.807, 2.05) is 0 Å². The molecular weight excluding hydrogens is 261 g/mol. The fourth-order valence-corrected chi connectivity index (χ4v) is 2.60. The molecule has 1 aromatic rings. The van der Waals surface area contributed by atoms with Crippen LogP contribution in [-0.2, 0) is 4.79 Å². The van der Waals surface area contributed by atoms with E-state index in [0.717, 1.165) is 31.4 Å². The van der Waals surface area contributed by atoms with Gasteiger partial charge in [-0.25, -0.2) is 9.18 Å². The van der Waals surface area contributed by atoms with E-state index in [0.29, 0.717) is 12.3 Å². The van der Waals surface area contributed by atoms with Crippen LogP contribution in [0.4, 0.5) is 10.1 Å². The predicted octanol–water partition coefficient (Wildman–Crippen LogP) is 3.43. The standard InChI is InChI=1S/C15H18FNO3/c16-12-7-6-11(15(19)20)9-13(12)17-14(18)8-5-10-3-1-2-4-10/h6-7,9-10H,1-5,8H2,(H,17,18)(H,19,20). The number of carbonyl (C=O) groups excluding carboxylic acids is 1. The number of halogens is 1. The monoisotopic (exact) mass is 279 g/mol. The quantitative estimate of drug-likeness (QED) is 0.867. The van der Waals surface area contributed by atoms with Crippen LogP contribution in [0, 0.1) is 11.7 Å². The third kappa shape index (κ3) is 3.79. The minimum absolute atomic E-state index is 0.0440. The number of carbonyl (C=O) groups is 2. The maximum Gasteiger partial charge on any atom is 0.335 e. The van der Waals surface area contributed by atoms with Crippen molar-refractivity contribution in [3.63, 3.8) is 0 Å². The van der Waals surface area contributed by atoms with Crippen molar-refractivity contribution in [3.05, 3.63) is 29.6 Å². The number of rotatable bonds is 5. The zero-order valence-electron chi connectivity index (χ0n) is 11.2. The fourth-order valence-electron chi connectivity index (χ4n) is 2.60. The minimum atomic E-state index is -1.15. The molecule has 0 radical (unpaired) electrons. The molecule has 0 atom stereocenters. The molecule has 1 aliphatic rings. The third-order valence-electron chi connectivity index (χ3n) is 3.74. The first-order chi connectivity index (χ1) is 9.56. The molecule has 1 amide bonds. The summed E-state index contributed by atoms with van der Waals surface area (Å²) in [6, 6.07) is 3.37. The van der Waals surface area contributed by atoms with E-state index >= 15 is 0 Å². The molecule has 2 N–H and O–H groups in total. The van der Waals surface area contributed by atoms with Gasteiger partial charge in [0.1, 0.15) is 5.82 Å². The van der Waals surface area contributed by atoms with Crippen molar-refractivity contribution in [2.45, 2.75) is 38.5 Å². The van der Waals surface area contributed by atoms with Gasteiger partial charge in [0.2, 0.25) is 5.91 Å². The summed E-state index contributed by atoms with van der Waals surface area (Å²) in [6.45, 7) is 0. The van der Waals surface area contributed by atoms with Gasteiger partial charge < -0.3 is 10.4 Å². The number of nitrogens with one attached hydrogen (secondary N) is 1. The minimum Gasteiger partial charge on any atom is -0.478 e. The molecule has 1 saturated carbocycles. The summed E-state index contributed by atoms with van der Waals surface area (Å²) in [5.74, 6) is -1.44. The van der Waals surface area contributed by atoms with Gasteiger partial charge in [-0.05, 0) is 30.5 Å². The van der Waals surface area contributed by atoms with Gasteiger partial charge in [0.05, 0.1) is 11.3 Å². The summed E-state index contributed by atoms with van der Waals surface area (Å²) in [5, 5.41) is 11.3. The number of carboxylic acids is 1. The number of anilines is 1. The Kier molecular flexibility index (Phi) is 4.71. The van der Waals surface area contributed by atoms with Crippen LogP contribution in [-0.4, -0.2) is 17.0 Å². The molecule has 0 bridgehead atoms. The van der Waals surface area contributed by atoms with Gasteiger partial charge in [-0.2, -0.15) is 0 Å². The molecule has 0 aromatic heterocycles. The average Bonchev–Trinajstić information content (AvgIpc) is 2.92. The first kappa shape index (κ1) is 14.5. The van der Waals surface area contributed by atoms with Crippen molar-refractivity contribution >= 4 is 17.6 Å². The molecular formula is C15H18FNO3. The molecule has 0 aliphatic heterocycles. The van der Waals surface area contributed by atoms with Crippen molar-refractivity contribution in [2.75, 3.05) is 5.32 Å². The van der Waals surface area contributed by atoms with Crippen molar-refractivity contribution in [2.24, 2.45) is 5.92 Å². The van der Waals surface area contributed by atoms with Crippen molar-refractivity contribution < 1.29 is 19.1 Å². The summed E-state index contributed by atoms with van der Waals surface area (Å²) in [6.07, 6.45) is 5.93. The lowest BCUT2D eigenvalue weighted by Gasteiger charge is -2.10. The third-order valence-corrected chi connectivity index (χ3v) is 3.74. The van der Waals surface area contributed by atoms with Crippen LogP contribution in [0.25, 0.3) is 0 Å². The number of carboxylic acid groups (broad SMARTS) is 1. The zero-order valence-corrected chi connectivity index (χ0v) is 11.2. The Morgan fingerprint density at radius 3 is 2.65 bits per heavy atom. The highest BCUT2D eigenvalue weighted by Gasteiger charge is 2.17. The van der Waals surface area contributed by atoms with Gasteiger partial charge in [0.25, 0.3) is 0 Å². The van der Waals surface area contributed by atoms with Gasteiger partial charge >= 0.3 is 5.97 Å². The van der Waals surface area contributed by atoms with Crippen LogP contribution in [0.2, 0.25) is 0 Å². The molecule has 5 heteroatoms. The zero-order chi connectivity index (χ0) is 14.5. The Morgan fingerprint density at radius 2 is 2.00 bits per heavy atom. The number of hydrogen-bond donors (Lipinski definition) is 2. The second-order valence-electron chi connectivity index (χ2n) is 5.24. The molecule has 1 fully saturated rings. The Labute approximate surface area is 117 Å². The summed E-state index contributed by atoms with van der Waals surface area (Å²) in [7, 11) is 0. The summed E-state index contributed by atoms with van der Waals surface area (Å²) >= 11 is 0. The largest absolute Gasteiger partial charge is 0.478 e. The molecule has 108 valence electrons. The molecule has 1 aromatic carbocycles. The lowest BCUT2D eigenvalue weighted by Crippen LogP contribution is -2.14. The maximum absolute atomic E-state index is 13.5. The Hall–Kier alpha value is -1.91. The van der Waals surface area contributed by atoms with Crippen molar-refractivity contribution in [1.29, 1.82) is 0 Å². The van der Waals surface area contributed by atoms with Crippen LogP contribution in [0.15, 0.2) is 18.2 Å². The van der Waals surface area contributed by atoms with E-state index in [2.05, 4.69) is 5.32 Å². The summed E-state index contributed by atoms with van der Waals surface area (Å²) in [5.41, 5.74) is -0.112. The second-order valence-corrected chi connectivity index (χ2v) is 5.24. The van der Waals surface area contributed by atoms with Gasteiger partial charge in [0.15, 0.2) is 0 Å². The van der Waals surface area contributed by atoms with E-state index in [1.165, 1.54) is 18.9 Å². The highest BCUT2D eigenvalue weighted by atomic mass is 19.1. The number of aromatic carboxylic acids is 1. The molecule has 20 heavy (non-hydrogen) atoms. The van der Waals surface area contributed by atoms with E-state index in [1.54, 1.807) is 0 Å². The molecule has 0 saturated heterocycles. The second kappa shape index (κ2) is 6.50. The highest BCUT2D eigenvalue weighted by molar-refractivity contribution is 5.94. The van der Waals surface area contributed by atoms with Crippen LogP contribution in [0.5, 0.6) is 0 Å². The fraction of sp³-hybridized carbons (Fsp3) is 0.467. The topological polar surface area (TPSA) is 66.4 Å². The first-order valence-corrected chi connectivity index (χ1v) is 6.89. The van der Waals surface area contributed by atoms with Crippen LogP contribution >= 0.6 is 0 Å². The van der Waals surface area contributed by atoms with Crippen LogP contribution < -0.4 is 5.32 Å². The Morgan fingerprint density at radius 1 is 1.30 bits per heavy atom. The van der Waals surface area contributed by atoms with E-state index < -0.39 is 11.8 Å². The van der Waals surface area contributed by atoms with E-state index in [-0.39, 0.29) is 17.2 Å². The molecule has 4 nitrogen and oxygen atoms in total. The lowest BCUT2D eigenvalue weighted by molar-refractivity contribution is -0.116. The molecule has 0 spiro atoms. The Bertz CT molecular complexity index is 510. The van der Waals surface area contributed by atoms with Gasteiger partial charge in [-0.3, -0.25) is 4.79 Å². The lowest BCUT2D eigenvalue weighted by atomic mass is 10.0. The first-order valence-electron chi connectivity index (χ1n) is 6.89. The number of hydrogen-bond acceptors (Lipinski definition) is 2. The van der Waals surface area contributed by atoms with Gasteiger partial charge in [-0.1, -0.05) is 25.7 Å². The number of benzene rings is 1. The number of amides is 1. The average molecular weight is 279 g/mol. The van der Waals surface area contributed by atoms with Crippen molar-refractivity contribution in [1.82, 2.24) is 0 Å². The van der Waals surface area contributed by atoms with Crippen molar-refractivity contribution in [3.8, 4) is 0 Å². The predicted molar refractivity (Wildman–Crippen MR) is 73.2 cm³/mol. The highest BCUT2D eigenvalue weighted by Crippen LogP contribution is 2.28. The Balaban J connectivity index is 1.92. The van der Waals surface area contributed by atoms with E-state index in [9.17, 15) is 14.0 Å². The molecule has 0 heterocycles. The maximum atomic E-state index is 13.5. The SMILES string of the molecule is O=C(CCC1CCCC1)Nc1cc(C(=O)O)ccc1F. The van der Waals surface area contributed by atoms with Crippen LogP contribution in [0.1, 0.15) is 48.9 Å². The van der Waals surface area contributed by atoms with E-state index in [4.69, 9.17) is 5.11 Å². The molecule has 1 aliphatic carbocycles. The normalized spacial score (nSPS) is 15.2. The molecule has 2 rings (SSSR count). The molecule has 0 unspecified atom stereocenters. The summed E-state index contributed by atoms with van der Waals surface area (Å²) < 4.78 is 13.5. The van der Waals surface area contributed by atoms with Crippen LogP contribution in [0.3, 0.4) is 0 Å². The van der Waals surface area contributed by atoms with Gasteiger partial charge in [-0.15, -0.1) is 0 Å². The summed E-state index contributed by atoms with van der Waals surface area (Å²) in [4.78, 5) is 22.6. The van der Waals surface area contributed by atoms with Gasteiger partial charge in [0, 0.05) is 6.42 Å².